The van der Waals surface area contributed by atoms with Crippen LogP contribution in [0.15, 0.2) is 29.9 Å². The molecule has 1 N–H and O–H groups in total. The van der Waals surface area contributed by atoms with Crippen LogP contribution in [0.3, 0.4) is 0 Å². The molecule has 1 amide bonds. The molecule has 5 nitrogen and oxygen atoms in total. The molecule has 0 unspecified atom stereocenters. The second-order valence-electron chi connectivity index (χ2n) is 7.44. The van der Waals surface area contributed by atoms with E-state index in [-0.39, 0.29) is 16.9 Å². The Bertz CT molecular complexity index is 679. The zero-order chi connectivity index (χ0) is 17.2. The molecule has 1 fully saturated rings. The van der Waals surface area contributed by atoms with Crippen molar-refractivity contribution in [3.8, 4) is 0 Å². The van der Waals surface area contributed by atoms with Gasteiger partial charge in [-0.3, -0.25) is 4.79 Å². The Morgan fingerprint density at radius 1 is 1.33 bits per heavy atom. The van der Waals surface area contributed by atoms with Gasteiger partial charge in [0, 0.05) is 36.4 Å². The molecular formula is C18H25N3O2S. The minimum absolute atomic E-state index is 0.00739. The van der Waals surface area contributed by atoms with Crippen molar-refractivity contribution >= 4 is 22.4 Å². The Morgan fingerprint density at radius 2 is 2.00 bits per heavy atom. The van der Waals surface area contributed by atoms with Gasteiger partial charge < -0.3 is 14.6 Å². The first-order valence-corrected chi connectivity index (χ1v) is 9.24. The van der Waals surface area contributed by atoms with Crippen molar-refractivity contribution in [2.45, 2.75) is 51.0 Å². The summed E-state index contributed by atoms with van der Waals surface area (Å²) in [5.41, 5.74) is 0.802. The number of hydrogen-bond acceptors (Lipinski definition) is 4. The fourth-order valence-corrected chi connectivity index (χ4v) is 4.02. The fourth-order valence-electron chi connectivity index (χ4n) is 3.07. The van der Waals surface area contributed by atoms with Gasteiger partial charge in [0.2, 0.25) is 5.91 Å². The molecule has 2 aromatic heterocycles. The van der Waals surface area contributed by atoms with E-state index in [9.17, 15) is 4.79 Å². The predicted octanol–water partition coefficient (Wildman–Crippen LogP) is 3.78. The molecule has 24 heavy (non-hydrogen) atoms. The average molecular weight is 347 g/mol. The molecule has 3 heterocycles. The molecule has 1 aliphatic rings. The summed E-state index contributed by atoms with van der Waals surface area (Å²) < 4.78 is 7.67. The highest BCUT2D eigenvalue weighted by molar-refractivity contribution is 7.13. The third-order valence-electron chi connectivity index (χ3n) is 4.58. The van der Waals surface area contributed by atoms with Crippen molar-refractivity contribution in [2.75, 3.05) is 18.5 Å². The van der Waals surface area contributed by atoms with Gasteiger partial charge in [-0.2, -0.15) is 0 Å². The monoisotopic (exact) mass is 347 g/mol. The van der Waals surface area contributed by atoms with E-state index in [1.807, 2.05) is 29.9 Å². The smallest absolute Gasteiger partial charge is 0.228 e. The van der Waals surface area contributed by atoms with E-state index >= 15 is 0 Å². The van der Waals surface area contributed by atoms with Gasteiger partial charge in [0.15, 0.2) is 5.13 Å². The number of rotatable bonds is 4. The molecule has 3 rings (SSSR count). The summed E-state index contributed by atoms with van der Waals surface area (Å²) in [4.78, 5) is 17.2. The molecule has 0 spiro atoms. The van der Waals surface area contributed by atoms with Crippen LogP contribution in [0.4, 0.5) is 5.13 Å². The van der Waals surface area contributed by atoms with E-state index in [1.165, 1.54) is 11.3 Å². The van der Waals surface area contributed by atoms with Gasteiger partial charge in [0.25, 0.3) is 0 Å². The predicted molar refractivity (Wildman–Crippen MR) is 96.5 cm³/mol. The SMILES string of the molecule is CC(C)(C)c1csc(NC(=O)CC2(n3cccc3)CCOCC2)n1. The lowest BCUT2D eigenvalue weighted by Crippen LogP contribution is -2.42. The summed E-state index contributed by atoms with van der Waals surface area (Å²) in [6.45, 7) is 7.75. The highest BCUT2D eigenvalue weighted by Crippen LogP contribution is 2.34. The molecule has 0 saturated carbocycles. The van der Waals surface area contributed by atoms with Crippen molar-refractivity contribution in [3.63, 3.8) is 0 Å². The maximum atomic E-state index is 12.6. The van der Waals surface area contributed by atoms with Crippen molar-refractivity contribution in [2.24, 2.45) is 0 Å². The lowest BCUT2D eigenvalue weighted by molar-refractivity contribution is -0.119. The molecule has 0 aromatic carbocycles. The first kappa shape index (κ1) is 17.2. The van der Waals surface area contributed by atoms with Gasteiger partial charge in [-0.15, -0.1) is 11.3 Å². The fraction of sp³-hybridized carbons (Fsp3) is 0.556. The standard InChI is InChI=1S/C18H25N3O2S/c1-17(2,3)14-13-24-16(19-14)20-15(22)12-18(6-10-23-11-7-18)21-8-4-5-9-21/h4-5,8-9,13H,6-7,10-12H2,1-3H3,(H,19,20,22). The molecule has 0 bridgehead atoms. The van der Waals surface area contributed by atoms with E-state index in [4.69, 9.17) is 4.74 Å². The molecule has 1 saturated heterocycles. The Hall–Kier alpha value is -1.66. The zero-order valence-electron chi connectivity index (χ0n) is 14.5. The largest absolute Gasteiger partial charge is 0.381 e. The molecule has 0 radical (unpaired) electrons. The number of carbonyl (C=O) groups excluding carboxylic acids is 1. The Morgan fingerprint density at radius 3 is 2.58 bits per heavy atom. The van der Waals surface area contributed by atoms with E-state index in [2.05, 4.69) is 35.6 Å². The van der Waals surface area contributed by atoms with Crippen LogP contribution in [0.2, 0.25) is 0 Å². The molecule has 0 aliphatic carbocycles. The van der Waals surface area contributed by atoms with Gasteiger partial charge in [-0.05, 0) is 25.0 Å². The number of thiazole rings is 1. The van der Waals surface area contributed by atoms with Crippen LogP contribution in [0, 0.1) is 0 Å². The number of ether oxygens (including phenoxy) is 1. The highest BCUT2D eigenvalue weighted by atomic mass is 32.1. The number of hydrogen-bond donors (Lipinski definition) is 1. The summed E-state index contributed by atoms with van der Waals surface area (Å²) in [5, 5.41) is 5.68. The molecule has 130 valence electrons. The van der Waals surface area contributed by atoms with E-state index < -0.39 is 0 Å². The highest BCUT2D eigenvalue weighted by Gasteiger charge is 2.36. The lowest BCUT2D eigenvalue weighted by atomic mass is 9.86. The minimum atomic E-state index is -0.198. The van der Waals surface area contributed by atoms with Crippen molar-refractivity contribution in [1.29, 1.82) is 0 Å². The Kier molecular flexibility index (Phi) is 4.78. The first-order valence-electron chi connectivity index (χ1n) is 8.36. The van der Waals surface area contributed by atoms with Crippen molar-refractivity contribution in [3.05, 3.63) is 35.6 Å². The van der Waals surface area contributed by atoms with Gasteiger partial charge >= 0.3 is 0 Å². The molecule has 2 aromatic rings. The third-order valence-corrected chi connectivity index (χ3v) is 5.34. The molecule has 6 heteroatoms. The summed E-state index contributed by atoms with van der Waals surface area (Å²) in [5.74, 6) is 0.0143. The van der Waals surface area contributed by atoms with E-state index in [1.54, 1.807) is 0 Å². The van der Waals surface area contributed by atoms with Crippen LogP contribution in [0.1, 0.15) is 45.7 Å². The van der Waals surface area contributed by atoms with Crippen LogP contribution in [0.25, 0.3) is 0 Å². The normalized spacial score (nSPS) is 17.6. The van der Waals surface area contributed by atoms with Crippen LogP contribution in [-0.2, 0) is 20.5 Å². The Labute approximate surface area is 147 Å². The number of anilines is 1. The maximum absolute atomic E-state index is 12.6. The quantitative estimate of drug-likeness (QED) is 0.916. The number of amides is 1. The number of nitrogens with zero attached hydrogens (tertiary/aromatic N) is 2. The summed E-state index contributed by atoms with van der Waals surface area (Å²) in [7, 11) is 0. The molecule has 1 aliphatic heterocycles. The third kappa shape index (κ3) is 3.70. The van der Waals surface area contributed by atoms with Gasteiger partial charge in [-0.25, -0.2) is 4.98 Å². The van der Waals surface area contributed by atoms with E-state index in [0.717, 1.165) is 18.5 Å². The van der Waals surface area contributed by atoms with Crippen molar-refractivity contribution in [1.82, 2.24) is 9.55 Å². The van der Waals surface area contributed by atoms with Gasteiger partial charge in [0.1, 0.15) is 0 Å². The first-order chi connectivity index (χ1) is 11.4. The number of carbonyl (C=O) groups is 1. The lowest BCUT2D eigenvalue weighted by Gasteiger charge is -2.38. The topological polar surface area (TPSA) is 56.2 Å². The molecular weight excluding hydrogens is 322 g/mol. The number of nitrogens with one attached hydrogen (secondary N) is 1. The summed E-state index contributed by atoms with van der Waals surface area (Å²) in [6, 6.07) is 4.01. The van der Waals surface area contributed by atoms with E-state index in [0.29, 0.717) is 24.8 Å². The van der Waals surface area contributed by atoms with Gasteiger partial charge in [0.05, 0.1) is 17.7 Å². The van der Waals surface area contributed by atoms with Crippen LogP contribution >= 0.6 is 11.3 Å². The van der Waals surface area contributed by atoms with Gasteiger partial charge in [-0.1, -0.05) is 20.8 Å². The van der Waals surface area contributed by atoms with Crippen LogP contribution in [-0.4, -0.2) is 28.7 Å². The second kappa shape index (κ2) is 6.69. The average Bonchev–Trinajstić information content (AvgIpc) is 3.19. The number of aromatic nitrogens is 2. The van der Waals surface area contributed by atoms with Crippen LogP contribution in [0.5, 0.6) is 0 Å². The van der Waals surface area contributed by atoms with Crippen LogP contribution < -0.4 is 5.32 Å². The zero-order valence-corrected chi connectivity index (χ0v) is 15.4. The second-order valence-corrected chi connectivity index (χ2v) is 8.30. The minimum Gasteiger partial charge on any atom is -0.381 e. The maximum Gasteiger partial charge on any atom is 0.228 e. The van der Waals surface area contributed by atoms with Crippen molar-refractivity contribution < 1.29 is 9.53 Å². The summed E-state index contributed by atoms with van der Waals surface area (Å²) >= 11 is 1.49. The Balaban J connectivity index is 1.71. The molecule has 0 atom stereocenters. The summed E-state index contributed by atoms with van der Waals surface area (Å²) in [6.07, 6.45) is 6.22.